The summed E-state index contributed by atoms with van der Waals surface area (Å²) in [6.07, 6.45) is 0. The average Bonchev–Trinajstić information content (AvgIpc) is 3.69. The smallest absolute Gasteiger partial charge is 0.0554 e. The van der Waals surface area contributed by atoms with E-state index >= 15 is 0 Å². The second-order valence-electron chi connectivity index (χ2n) is 12.1. The Balaban J connectivity index is 1.19. The fourth-order valence-electron chi connectivity index (χ4n) is 7.23. The number of fused-ring (bicyclic) bond motifs is 8. The molecule has 2 aromatic heterocycles. The average molecular weight is 634 g/mol. The van der Waals surface area contributed by atoms with E-state index in [1.54, 1.807) is 0 Å². The highest BCUT2D eigenvalue weighted by Gasteiger charge is 2.19. The minimum absolute atomic E-state index is 1.14. The number of nitrogens with zero attached hydrogens (tertiary/aromatic N) is 1. The summed E-state index contributed by atoms with van der Waals surface area (Å²) in [7, 11) is 0. The molecule has 0 N–H and O–H groups in total. The van der Waals surface area contributed by atoms with Gasteiger partial charge in [-0.2, -0.15) is 0 Å². The molecule has 0 unspecified atom stereocenters. The number of rotatable bonds is 4. The van der Waals surface area contributed by atoms with Gasteiger partial charge < -0.3 is 4.90 Å². The van der Waals surface area contributed by atoms with Crippen LogP contribution in [-0.2, 0) is 0 Å². The molecular formula is C44H27NS2. The first-order valence-corrected chi connectivity index (χ1v) is 17.6. The molecule has 47 heavy (non-hydrogen) atoms. The van der Waals surface area contributed by atoms with Crippen LogP contribution in [0, 0.1) is 0 Å². The summed E-state index contributed by atoms with van der Waals surface area (Å²) < 4.78 is 5.27. The Morgan fingerprint density at radius 2 is 1.02 bits per heavy atom. The molecule has 0 saturated carbocycles. The number of benzene rings is 8. The minimum atomic E-state index is 1.14. The Morgan fingerprint density at radius 3 is 1.89 bits per heavy atom. The molecular weight excluding hydrogens is 607 g/mol. The molecule has 0 aliphatic heterocycles. The maximum atomic E-state index is 2.45. The third kappa shape index (κ3) is 4.28. The van der Waals surface area contributed by atoms with Crippen LogP contribution in [0.15, 0.2) is 164 Å². The fourth-order valence-corrected chi connectivity index (χ4v) is 9.49. The van der Waals surface area contributed by atoms with Crippen molar-refractivity contribution in [3.63, 3.8) is 0 Å². The van der Waals surface area contributed by atoms with Crippen molar-refractivity contribution in [3.8, 4) is 11.1 Å². The summed E-state index contributed by atoms with van der Waals surface area (Å²) in [6.45, 7) is 0. The molecule has 8 aromatic carbocycles. The topological polar surface area (TPSA) is 3.24 Å². The standard InChI is InChI=1S/C44H27NS2/c1-2-11-34-28(9-1)10-7-14-35(34)29-19-22-32(23-20-29)45(39-15-8-18-42-44(39)37-13-4-6-17-41(37)46-42)33-24-21-30-26-38-36-12-3-5-16-40(36)47-43(38)27-31(30)25-33/h1-27H. The lowest BCUT2D eigenvalue weighted by Crippen LogP contribution is -2.10. The van der Waals surface area contributed by atoms with Crippen LogP contribution < -0.4 is 4.90 Å². The Kier molecular flexibility index (Phi) is 5.98. The van der Waals surface area contributed by atoms with Gasteiger partial charge in [-0.15, -0.1) is 22.7 Å². The molecule has 0 atom stereocenters. The van der Waals surface area contributed by atoms with Crippen molar-refractivity contribution in [2.45, 2.75) is 0 Å². The van der Waals surface area contributed by atoms with E-state index in [0.29, 0.717) is 0 Å². The van der Waals surface area contributed by atoms with Crippen LogP contribution in [0.5, 0.6) is 0 Å². The molecule has 1 nitrogen and oxygen atoms in total. The maximum absolute atomic E-state index is 2.45. The fraction of sp³-hybridized carbons (Fsp3) is 0. The van der Waals surface area contributed by atoms with E-state index in [1.165, 1.54) is 78.7 Å². The van der Waals surface area contributed by atoms with Gasteiger partial charge in [-0.25, -0.2) is 0 Å². The Hall–Kier alpha value is -5.48. The quantitative estimate of drug-likeness (QED) is 0.186. The molecule has 10 aromatic rings. The van der Waals surface area contributed by atoms with Gasteiger partial charge in [-0.05, 0) is 93.3 Å². The Morgan fingerprint density at radius 1 is 0.362 bits per heavy atom. The maximum Gasteiger partial charge on any atom is 0.0554 e. The molecule has 3 heteroatoms. The molecule has 0 aliphatic rings. The second-order valence-corrected chi connectivity index (χ2v) is 14.3. The SMILES string of the molecule is c1ccc2c(-c3ccc(N(c4ccc5cc6c(cc5c4)sc4ccccc46)c4cccc5sc6ccccc6c45)cc3)cccc2c1. The van der Waals surface area contributed by atoms with E-state index in [1.807, 2.05) is 22.7 Å². The molecule has 0 fully saturated rings. The van der Waals surface area contributed by atoms with Gasteiger partial charge in [-0.3, -0.25) is 0 Å². The lowest BCUT2D eigenvalue weighted by atomic mass is 9.98. The van der Waals surface area contributed by atoms with Crippen LogP contribution in [-0.4, -0.2) is 0 Å². The number of hydrogen-bond donors (Lipinski definition) is 0. The summed E-state index contributed by atoms with van der Waals surface area (Å²) in [4.78, 5) is 2.45. The lowest BCUT2D eigenvalue weighted by molar-refractivity contribution is 1.31. The second kappa shape index (κ2) is 10.5. The Bertz CT molecular complexity index is 2800. The lowest BCUT2D eigenvalue weighted by Gasteiger charge is -2.27. The zero-order chi connectivity index (χ0) is 30.9. The van der Waals surface area contributed by atoms with Gasteiger partial charge in [0, 0.05) is 51.7 Å². The molecule has 2 heterocycles. The van der Waals surface area contributed by atoms with Gasteiger partial charge in [0.05, 0.1) is 5.69 Å². The molecule has 220 valence electrons. The van der Waals surface area contributed by atoms with Crippen LogP contribution >= 0.6 is 22.7 Å². The third-order valence-corrected chi connectivity index (χ3v) is 11.7. The molecule has 0 saturated heterocycles. The van der Waals surface area contributed by atoms with Crippen LogP contribution in [0.4, 0.5) is 17.1 Å². The number of anilines is 3. The first-order chi connectivity index (χ1) is 23.3. The van der Waals surface area contributed by atoms with Gasteiger partial charge in [0.2, 0.25) is 0 Å². The predicted molar refractivity (Wildman–Crippen MR) is 207 cm³/mol. The van der Waals surface area contributed by atoms with Crippen LogP contribution in [0.3, 0.4) is 0 Å². The van der Waals surface area contributed by atoms with Crippen LogP contribution in [0.25, 0.3) is 73.0 Å². The highest BCUT2D eigenvalue weighted by atomic mass is 32.1. The Labute approximate surface area is 280 Å². The molecule has 0 amide bonds. The summed E-state index contributed by atoms with van der Waals surface area (Å²) in [5, 5.41) is 10.3. The van der Waals surface area contributed by atoms with Gasteiger partial charge >= 0.3 is 0 Å². The first-order valence-electron chi connectivity index (χ1n) is 15.9. The van der Waals surface area contributed by atoms with Crippen molar-refractivity contribution >= 4 is 102 Å². The molecule has 10 rings (SSSR count). The van der Waals surface area contributed by atoms with Crippen LogP contribution in [0.1, 0.15) is 0 Å². The summed E-state index contributed by atoms with van der Waals surface area (Å²) >= 11 is 3.74. The monoisotopic (exact) mass is 633 g/mol. The summed E-state index contributed by atoms with van der Waals surface area (Å²) in [5.74, 6) is 0. The first kappa shape index (κ1) is 26.7. The van der Waals surface area contributed by atoms with E-state index in [9.17, 15) is 0 Å². The highest BCUT2D eigenvalue weighted by molar-refractivity contribution is 7.26. The van der Waals surface area contributed by atoms with E-state index in [4.69, 9.17) is 0 Å². The van der Waals surface area contributed by atoms with Gasteiger partial charge in [-0.1, -0.05) is 103 Å². The van der Waals surface area contributed by atoms with Crippen molar-refractivity contribution in [2.75, 3.05) is 4.90 Å². The molecule has 0 aliphatic carbocycles. The molecule has 0 radical (unpaired) electrons. The third-order valence-electron chi connectivity index (χ3n) is 9.43. The zero-order valence-electron chi connectivity index (χ0n) is 25.4. The highest BCUT2D eigenvalue weighted by Crippen LogP contribution is 2.46. The predicted octanol–water partition coefficient (Wildman–Crippen LogP) is 13.9. The molecule has 0 spiro atoms. The van der Waals surface area contributed by atoms with Crippen LogP contribution in [0.2, 0.25) is 0 Å². The number of hydrogen-bond acceptors (Lipinski definition) is 3. The van der Waals surface area contributed by atoms with E-state index < -0.39 is 0 Å². The summed E-state index contributed by atoms with van der Waals surface area (Å²) in [6, 6.07) is 60.3. The van der Waals surface area contributed by atoms with Crippen molar-refractivity contribution in [2.24, 2.45) is 0 Å². The van der Waals surface area contributed by atoms with E-state index in [-0.39, 0.29) is 0 Å². The molecule has 0 bridgehead atoms. The van der Waals surface area contributed by atoms with E-state index in [0.717, 1.165) is 11.4 Å². The van der Waals surface area contributed by atoms with E-state index in [2.05, 4.69) is 169 Å². The normalized spacial score (nSPS) is 11.8. The van der Waals surface area contributed by atoms with Gasteiger partial charge in [0.25, 0.3) is 0 Å². The summed E-state index contributed by atoms with van der Waals surface area (Å²) in [5.41, 5.74) is 5.96. The zero-order valence-corrected chi connectivity index (χ0v) is 27.0. The minimum Gasteiger partial charge on any atom is -0.310 e. The van der Waals surface area contributed by atoms with Crippen molar-refractivity contribution in [1.29, 1.82) is 0 Å². The largest absolute Gasteiger partial charge is 0.310 e. The van der Waals surface area contributed by atoms with Gasteiger partial charge in [0.15, 0.2) is 0 Å². The van der Waals surface area contributed by atoms with Crippen molar-refractivity contribution in [3.05, 3.63) is 164 Å². The number of thiophene rings is 2. The van der Waals surface area contributed by atoms with Crippen molar-refractivity contribution < 1.29 is 0 Å². The van der Waals surface area contributed by atoms with Crippen molar-refractivity contribution in [1.82, 2.24) is 0 Å². The van der Waals surface area contributed by atoms with Gasteiger partial charge in [0.1, 0.15) is 0 Å².